The van der Waals surface area contributed by atoms with Crippen LogP contribution in [0, 0.1) is 0 Å². The molecule has 1 saturated heterocycles. The number of amides is 1. The molecule has 26 heavy (non-hydrogen) atoms. The van der Waals surface area contributed by atoms with Gasteiger partial charge in [-0.3, -0.25) is 9.59 Å². The molecule has 2 aromatic rings. The lowest BCUT2D eigenvalue weighted by Crippen LogP contribution is -2.36. The third-order valence-corrected chi connectivity index (χ3v) is 4.70. The lowest BCUT2D eigenvalue weighted by atomic mass is 10.1. The van der Waals surface area contributed by atoms with Crippen LogP contribution in [-0.4, -0.2) is 34.5 Å². The van der Waals surface area contributed by atoms with Crippen molar-refractivity contribution in [2.45, 2.75) is 31.9 Å². The second-order valence-electron chi connectivity index (χ2n) is 6.34. The fourth-order valence-corrected chi connectivity index (χ4v) is 3.27. The van der Waals surface area contributed by atoms with Gasteiger partial charge in [-0.05, 0) is 48.7 Å². The van der Waals surface area contributed by atoms with E-state index >= 15 is 0 Å². The minimum absolute atomic E-state index is 0.0154. The molecule has 5 nitrogen and oxygen atoms in total. The number of carbonyl (C=O) groups is 2. The Morgan fingerprint density at radius 1 is 1.19 bits per heavy atom. The lowest BCUT2D eigenvalue weighted by Gasteiger charge is -2.23. The lowest BCUT2D eigenvalue weighted by molar-refractivity contribution is -0.137. The Kier molecular flexibility index (Phi) is 5.78. The van der Waals surface area contributed by atoms with Gasteiger partial charge in [0.2, 0.25) is 0 Å². The molecule has 1 fully saturated rings. The molecule has 1 unspecified atom stereocenters. The van der Waals surface area contributed by atoms with Gasteiger partial charge in [0, 0.05) is 23.2 Å². The smallest absolute Gasteiger partial charge is 0.305 e. The van der Waals surface area contributed by atoms with Crippen molar-refractivity contribution in [3.8, 4) is 5.75 Å². The molecule has 6 heteroatoms. The molecular formula is C20H20ClNO4. The highest BCUT2D eigenvalue weighted by Gasteiger charge is 2.31. The molecule has 0 aliphatic carbocycles. The van der Waals surface area contributed by atoms with Gasteiger partial charge in [0.15, 0.2) is 0 Å². The average molecular weight is 374 g/mol. The number of nitrogens with zero attached hydrogens (tertiary/aromatic N) is 1. The maximum atomic E-state index is 12.8. The number of rotatable bonds is 6. The fraction of sp³-hybridized carbons (Fsp3) is 0.300. The van der Waals surface area contributed by atoms with E-state index in [4.69, 9.17) is 21.4 Å². The molecular weight excluding hydrogens is 354 g/mol. The summed E-state index contributed by atoms with van der Waals surface area (Å²) in [7, 11) is 0. The molecule has 0 bridgehead atoms. The number of carboxylic acids is 1. The molecule has 0 spiro atoms. The van der Waals surface area contributed by atoms with Crippen molar-refractivity contribution in [2.75, 3.05) is 6.54 Å². The summed E-state index contributed by atoms with van der Waals surface area (Å²) in [6, 6.07) is 14.1. The summed E-state index contributed by atoms with van der Waals surface area (Å²) in [4.78, 5) is 25.4. The zero-order chi connectivity index (χ0) is 18.5. The van der Waals surface area contributed by atoms with Crippen LogP contribution < -0.4 is 4.74 Å². The average Bonchev–Trinajstić information content (AvgIpc) is 3.08. The molecule has 0 saturated carbocycles. The van der Waals surface area contributed by atoms with E-state index < -0.39 is 5.97 Å². The summed E-state index contributed by atoms with van der Waals surface area (Å²) in [6.45, 7) is 0.965. The van der Waals surface area contributed by atoms with E-state index in [-0.39, 0.29) is 18.4 Å². The second kappa shape index (κ2) is 8.23. The Bertz CT molecular complexity index is 791. The van der Waals surface area contributed by atoms with E-state index in [1.54, 1.807) is 41.3 Å². The van der Waals surface area contributed by atoms with Crippen LogP contribution in [0.1, 0.15) is 35.2 Å². The number of benzene rings is 2. The highest BCUT2D eigenvalue weighted by molar-refractivity contribution is 6.30. The van der Waals surface area contributed by atoms with Gasteiger partial charge in [-0.15, -0.1) is 0 Å². The van der Waals surface area contributed by atoms with E-state index in [9.17, 15) is 9.59 Å². The van der Waals surface area contributed by atoms with Crippen molar-refractivity contribution in [3.63, 3.8) is 0 Å². The Hall–Kier alpha value is -2.53. The van der Waals surface area contributed by atoms with Crippen molar-refractivity contribution in [2.24, 2.45) is 0 Å². The quantitative estimate of drug-likeness (QED) is 0.831. The predicted octanol–water partition coefficient (Wildman–Crippen LogP) is 4.00. The Morgan fingerprint density at radius 3 is 2.69 bits per heavy atom. The molecule has 136 valence electrons. The molecule has 1 amide bonds. The molecule has 1 aliphatic rings. The largest absolute Gasteiger partial charge is 0.489 e. The van der Waals surface area contributed by atoms with Gasteiger partial charge in [0.25, 0.3) is 5.91 Å². The van der Waals surface area contributed by atoms with Gasteiger partial charge in [0.05, 0.1) is 6.42 Å². The van der Waals surface area contributed by atoms with Crippen LogP contribution in [0.25, 0.3) is 0 Å². The van der Waals surface area contributed by atoms with E-state index in [1.807, 2.05) is 12.1 Å². The van der Waals surface area contributed by atoms with Gasteiger partial charge in [-0.2, -0.15) is 0 Å². The molecule has 1 aliphatic heterocycles. The fourth-order valence-electron chi connectivity index (χ4n) is 3.15. The van der Waals surface area contributed by atoms with Gasteiger partial charge in [0.1, 0.15) is 12.4 Å². The molecule has 0 radical (unpaired) electrons. The Labute approximate surface area is 157 Å². The number of aliphatic carboxylic acids is 1. The van der Waals surface area contributed by atoms with Crippen LogP contribution in [0.15, 0.2) is 48.5 Å². The highest BCUT2D eigenvalue weighted by Crippen LogP contribution is 2.24. The molecule has 2 aromatic carbocycles. The Morgan fingerprint density at radius 2 is 1.96 bits per heavy atom. The summed E-state index contributed by atoms with van der Waals surface area (Å²) in [5.74, 6) is -0.430. The number of carbonyl (C=O) groups excluding carboxylic acids is 1. The number of ether oxygens (including phenoxy) is 1. The highest BCUT2D eigenvalue weighted by atomic mass is 35.5. The van der Waals surface area contributed by atoms with Crippen molar-refractivity contribution in [1.82, 2.24) is 4.90 Å². The maximum Gasteiger partial charge on any atom is 0.305 e. The van der Waals surface area contributed by atoms with E-state index in [2.05, 4.69) is 0 Å². The van der Waals surface area contributed by atoms with Crippen LogP contribution >= 0.6 is 11.6 Å². The second-order valence-corrected chi connectivity index (χ2v) is 6.77. The van der Waals surface area contributed by atoms with Crippen molar-refractivity contribution >= 4 is 23.5 Å². The molecule has 1 N–H and O–H groups in total. The number of carboxylic acid groups (broad SMARTS) is 1. The zero-order valence-corrected chi connectivity index (χ0v) is 15.0. The molecule has 3 rings (SSSR count). The summed E-state index contributed by atoms with van der Waals surface area (Å²) in [6.07, 6.45) is 1.54. The Balaban J connectivity index is 1.67. The molecule has 0 aromatic heterocycles. The first-order valence-electron chi connectivity index (χ1n) is 8.53. The minimum atomic E-state index is -0.880. The minimum Gasteiger partial charge on any atom is -0.489 e. The van der Waals surface area contributed by atoms with Gasteiger partial charge in [-0.1, -0.05) is 29.8 Å². The first kappa shape index (κ1) is 18.3. The van der Waals surface area contributed by atoms with Crippen LogP contribution in [0.3, 0.4) is 0 Å². The number of likely N-dealkylation sites (tertiary alicyclic amines) is 1. The zero-order valence-electron chi connectivity index (χ0n) is 14.2. The van der Waals surface area contributed by atoms with E-state index in [1.165, 1.54) is 0 Å². The third kappa shape index (κ3) is 4.55. The van der Waals surface area contributed by atoms with Gasteiger partial charge < -0.3 is 14.7 Å². The summed E-state index contributed by atoms with van der Waals surface area (Å²) in [5.41, 5.74) is 1.49. The first-order valence-corrected chi connectivity index (χ1v) is 8.91. The van der Waals surface area contributed by atoms with E-state index in [0.717, 1.165) is 18.4 Å². The van der Waals surface area contributed by atoms with Gasteiger partial charge >= 0.3 is 5.97 Å². The van der Waals surface area contributed by atoms with Crippen LogP contribution in [0.4, 0.5) is 0 Å². The van der Waals surface area contributed by atoms with Crippen LogP contribution in [-0.2, 0) is 11.4 Å². The van der Waals surface area contributed by atoms with Crippen LogP contribution in [0.5, 0.6) is 5.75 Å². The number of hydrogen-bond acceptors (Lipinski definition) is 3. The van der Waals surface area contributed by atoms with Crippen molar-refractivity contribution < 1.29 is 19.4 Å². The number of hydrogen-bond donors (Lipinski definition) is 1. The SMILES string of the molecule is O=C(O)CC1CCCN1C(=O)c1cccc(OCc2ccc(Cl)cc2)c1. The monoisotopic (exact) mass is 373 g/mol. The first-order chi connectivity index (χ1) is 12.5. The third-order valence-electron chi connectivity index (χ3n) is 4.45. The molecule has 1 atom stereocenters. The predicted molar refractivity (Wildman–Crippen MR) is 98.5 cm³/mol. The van der Waals surface area contributed by atoms with Crippen molar-refractivity contribution in [1.29, 1.82) is 0 Å². The van der Waals surface area contributed by atoms with Crippen molar-refractivity contribution in [3.05, 3.63) is 64.7 Å². The number of halogens is 1. The summed E-state index contributed by atoms with van der Waals surface area (Å²) in [5, 5.41) is 9.69. The standard InChI is InChI=1S/C20H20ClNO4/c21-16-8-6-14(7-9-16)13-26-18-5-1-3-15(11-18)20(25)22-10-2-4-17(22)12-19(23)24/h1,3,5-9,11,17H,2,4,10,12-13H2,(H,23,24). The summed E-state index contributed by atoms with van der Waals surface area (Å²) < 4.78 is 5.77. The normalized spacial score (nSPS) is 16.5. The van der Waals surface area contributed by atoms with Crippen LogP contribution in [0.2, 0.25) is 5.02 Å². The maximum absolute atomic E-state index is 12.8. The topological polar surface area (TPSA) is 66.8 Å². The van der Waals surface area contributed by atoms with E-state index in [0.29, 0.717) is 29.5 Å². The summed E-state index contributed by atoms with van der Waals surface area (Å²) >= 11 is 5.87. The van der Waals surface area contributed by atoms with Gasteiger partial charge in [-0.25, -0.2) is 0 Å². The molecule has 1 heterocycles.